The zero-order chi connectivity index (χ0) is 13.8. The maximum absolute atomic E-state index is 3.64. The standard InChI is InChI=1S/C17H23N3/c1-19-11-5-8-17(19)14-20-12-9-16(10-13-20)18-15-6-3-2-4-7-15/h2-8,11,16,18H,9-10,12-14H2,1H3. The summed E-state index contributed by atoms with van der Waals surface area (Å²) in [6, 6.07) is 15.5. The van der Waals surface area contributed by atoms with Crippen LogP contribution in [0, 0.1) is 0 Å². The van der Waals surface area contributed by atoms with Crippen molar-refractivity contribution in [2.24, 2.45) is 7.05 Å². The molecule has 1 aliphatic heterocycles. The van der Waals surface area contributed by atoms with E-state index in [0.717, 1.165) is 6.54 Å². The van der Waals surface area contributed by atoms with Gasteiger partial charge in [-0.1, -0.05) is 18.2 Å². The molecule has 1 aliphatic rings. The fourth-order valence-corrected chi connectivity index (χ4v) is 2.90. The molecule has 0 aliphatic carbocycles. The SMILES string of the molecule is Cn1cccc1CN1CCC(Nc2ccccc2)CC1. The topological polar surface area (TPSA) is 20.2 Å². The van der Waals surface area contributed by atoms with Gasteiger partial charge >= 0.3 is 0 Å². The van der Waals surface area contributed by atoms with Gasteiger partial charge < -0.3 is 9.88 Å². The number of nitrogens with one attached hydrogen (secondary N) is 1. The number of rotatable bonds is 4. The van der Waals surface area contributed by atoms with Crippen LogP contribution in [0.4, 0.5) is 5.69 Å². The van der Waals surface area contributed by atoms with E-state index < -0.39 is 0 Å². The predicted molar refractivity (Wildman–Crippen MR) is 83.8 cm³/mol. The lowest BCUT2D eigenvalue weighted by Gasteiger charge is -2.32. The van der Waals surface area contributed by atoms with Gasteiger partial charge in [-0.15, -0.1) is 0 Å². The number of hydrogen-bond donors (Lipinski definition) is 1. The zero-order valence-electron chi connectivity index (χ0n) is 12.1. The summed E-state index contributed by atoms with van der Waals surface area (Å²) in [6.07, 6.45) is 4.57. The number of aryl methyl sites for hydroxylation is 1. The molecule has 20 heavy (non-hydrogen) atoms. The Bertz CT molecular complexity index is 524. The van der Waals surface area contributed by atoms with Gasteiger partial charge in [-0.2, -0.15) is 0 Å². The van der Waals surface area contributed by atoms with Gasteiger partial charge in [-0.25, -0.2) is 0 Å². The maximum atomic E-state index is 3.64. The van der Waals surface area contributed by atoms with Crippen molar-refractivity contribution in [1.82, 2.24) is 9.47 Å². The van der Waals surface area contributed by atoms with Gasteiger partial charge in [0.2, 0.25) is 0 Å². The third kappa shape index (κ3) is 3.23. The molecule has 1 aromatic heterocycles. The van der Waals surface area contributed by atoms with E-state index in [1.807, 2.05) is 0 Å². The second-order valence-corrected chi connectivity index (χ2v) is 5.67. The quantitative estimate of drug-likeness (QED) is 0.920. The molecule has 2 aromatic rings. The number of likely N-dealkylation sites (tertiary alicyclic amines) is 1. The van der Waals surface area contributed by atoms with Crippen LogP contribution in [-0.4, -0.2) is 28.6 Å². The van der Waals surface area contributed by atoms with Crippen LogP contribution in [0.2, 0.25) is 0 Å². The van der Waals surface area contributed by atoms with E-state index in [-0.39, 0.29) is 0 Å². The minimum atomic E-state index is 0.613. The van der Waals surface area contributed by atoms with Crippen LogP contribution in [0.15, 0.2) is 48.7 Å². The van der Waals surface area contributed by atoms with Gasteiger partial charge in [0, 0.05) is 50.3 Å². The summed E-state index contributed by atoms with van der Waals surface area (Å²) in [5, 5.41) is 3.64. The summed E-state index contributed by atoms with van der Waals surface area (Å²) in [6.45, 7) is 3.42. The van der Waals surface area contributed by atoms with Gasteiger partial charge in [0.1, 0.15) is 0 Å². The molecule has 0 unspecified atom stereocenters. The summed E-state index contributed by atoms with van der Waals surface area (Å²) < 4.78 is 2.22. The molecule has 3 heteroatoms. The molecule has 3 rings (SSSR count). The second-order valence-electron chi connectivity index (χ2n) is 5.67. The summed E-state index contributed by atoms with van der Waals surface area (Å²) in [5.74, 6) is 0. The van der Waals surface area contributed by atoms with Gasteiger partial charge in [0.25, 0.3) is 0 Å². The third-order valence-corrected chi connectivity index (χ3v) is 4.17. The van der Waals surface area contributed by atoms with E-state index in [1.54, 1.807) is 0 Å². The Labute approximate surface area is 121 Å². The minimum Gasteiger partial charge on any atom is -0.382 e. The number of benzene rings is 1. The van der Waals surface area contributed by atoms with Crippen molar-refractivity contribution in [2.75, 3.05) is 18.4 Å². The summed E-state index contributed by atoms with van der Waals surface area (Å²) in [5.41, 5.74) is 2.65. The first-order valence-corrected chi connectivity index (χ1v) is 7.45. The van der Waals surface area contributed by atoms with Crippen LogP contribution in [0.3, 0.4) is 0 Å². The van der Waals surface area contributed by atoms with Gasteiger partial charge in [-0.3, -0.25) is 4.90 Å². The van der Waals surface area contributed by atoms with Crippen molar-refractivity contribution in [3.05, 3.63) is 54.4 Å². The zero-order valence-corrected chi connectivity index (χ0v) is 12.1. The molecule has 1 fully saturated rings. The molecule has 2 heterocycles. The first kappa shape index (κ1) is 13.3. The van der Waals surface area contributed by atoms with E-state index in [2.05, 4.69) is 70.5 Å². The number of nitrogens with zero attached hydrogens (tertiary/aromatic N) is 2. The van der Waals surface area contributed by atoms with Crippen molar-refractivity contribution in [3.8, 4) is 0 Å². The first-order valence-electron chi connectivity index (χ1n) is 7.45. The maximum Gasteiger partial charge on any atom is 0.0387 e. The molecule has 1 aromatic carbocycles. The molecule has 1 N–H and O–H groups in total. The van der Waals surface area contributed by atoms with Crippen molar-refractivity contribution >= 4 is 5.69 Å². The minimum absolute atomic E-state index is 0.613. The normalized spacial score (nSPS) is 17.2. The average Bonchev–Trinajstić information content (AvgIpc) is 2.88. The van der Waals surface area contributed by atoms with Gasteiger partial charge in [0.05, 0.1) is 0 Å². The number of hydrogen-bond acceptors (Lipinski definition) is 2. The molecule has 106 valence electrons. The van der Waals surface area contributed by atoms with Crippen molar-refractivity contribution < 1.29 is 0 Å². The number of para-hydroxylation sites is 1. The first-order chi connectivity index (χ1) is 9.81. The van der Waals surface area contributed by atoms with E-state index in [0.29, 0.717) is 6.04 Å². The Morgan fingerprint density at radius 1 is 1.05 bits per heavy atom. The molecular formula is C17H23N3. The molecule has 0 amide bonds. The van der Waals surface area contributed by atoms with Crippen LogP contribution in [-0.2, 0) is 13.6 Å². The molecule has 0 saturated carbocycles. The van der Waals surface area contributed by atoms with E-state index in [4.69, 9.17) is 0 Å². The van der Waals surface area contributed by atoms with Crippen LogP contribution < -0.4 is 5.32 Å². The summed E-state index contributed by atoms with van der Waals surface area (Å²) in [7, 11) is 2.12. The molecule has 3 nitrogen and oxygen atoms in total. The molecule has 0 radical (unpaired) electrons. The van der Waals surface area contributed by atoms with Gasteiger partial charge in [-0.05, 0) is 37.1 Å². The van der Waals surface area contributed by atoms with Crippen LogP contribution in [0.25, 0.3) is 0 Å². The van der Waals surface area contributed by atoms with Crippen LogP contribution >= 0.6 is 0 Å². The molecule has 0 atom stereocenters. The largest absolute Gasteiger partial charge is 0.382 e. The molecule has 1 saturated heterocycles. The highest BCUT2D eigenvalue weighted by atomic mass is 15.2. The van der Waals surface area contributed by atoms with E-state index in [9.17, 15) is 0 Å². The van der Waals surface area contributed by atoms with E-state index >= 15 is 0 Å². The number of aromatic nitrogens is 1. The fraction of sp³-hybridized carbons (Fsp3) is 0.412. The van der Waals surface area contributed by atoms with Crippen LogP contribution in [0.5, 0.6) is 0 Å². The molecule has 0 bridgehead atoms. The predicted octanol–water partition coefficient (Wildman–Crippen LogP) is 3.10. The number of piperidine rings is 1. The summed E-state index contributed by atoms with van der Waals surface area (Å²) in [4.78, 5) is 2.55. The highest BCUT2D eigenvalue weighted by Crippen LogP contribution is 2.18. The van der Waals surface area contributed by atoms with Crippen LogP contribution in [0.1, 0.15) is 18.5 Å². The Morgan fingerprint density at radius 3 is 2.45 bits per heavy atom. The van der Waals surface area contributed by atoms with Crippen molar-refractivity contribution in [3.63, 3.8) is 0 Å². The molecule has 0 spiro atoms. The Morgan fingerprint density at radius 2 is 1.80 bits per heavy atom. The lowest BCUT2D eigenvalue weighted by atomic mass is 10.0. The highest BCUT2D eigenvalue weighted by Gasteiger charge is 2.19. The Hall–Kier alpha value is -1.74. The van der Waals surface area contributed by atoms with E-state index in [1.165, 1.54) is 37.3 Å². The molecular weight excluding hydrogens is 246 g/mol. The van der Waals surface area contributed by atoms with Gasteiger partial charge in [0.15, 0.2) is 0 Å². The van der Waals surface area contributed by atoms with Crippen molar-refractivity contribution in [1.29, 1.82) is 0 Å². The Kier molecular flexibility index (Phi) is 4.07. The van der Waals surface area contributed by atoms with Crippen molar-refractivity contribution in [2.45, 2.75) is 25.4 Å². The lowest BCUT2D eigenvalue weighted by molar-refractivity contribution is 0.207. The summed E-state index contributed by atoms with van der Waals surface area (Å²) >= 11 is 0. The highest BCUT2D eigenvalue weighted by molar-refractivity contribution is 5.43. The smallest absolute Gasteiger partial charge is 0.0387 e. The number of anilines is 1. The fourth-order valence-electron chi connectivity index (χ4n) is 2.90. The average molecular weight is 269 g/mol. The Balaban J connectivity index is 1.49. The second kappa shape index (κ2) is 6.14. The third-order valence-electron chi connectivity index (χ3n) is 4.17. The monoisotopic (exact) mass is 269 g/mol. The lowest BCUT2D eigenvalue weighted by Crippen LogP contribution is -2.38.